The predicted molar refractivity (Wildman–Crippen MR) is 115 cm³/mol. The number of nitrogens with one attached hydrogen (secondary N) is 1. The molecule has 0 heterocycles. The molecule has 34 heavy (non-hydrogen) atoms. The molecule has 0 aliphatic carbocycles. The van der Waals surface area contributed by atoms with E-state index in [0.29, 0.717) is 0 Å². The largest absolute Gasteiger partial charge is 0.478 e. The molecule has 0 bridgehead atoms. The van der Waals surface area contributed by atoms with Gasteiger partial charge in [-0.2, -0.15) is 0 Å². The Bertz CT molecular complexity index is 1300. The van der Waals surface area contributed by atoms with E-state index >= 15 is 0 Å². The van der Waals surface area contributed by atoms with Gasteiger partial charge in [-0.05, 0) is 42.5 Å². The molecule has 0 atom stereocenters. The second-order valence-electron chi connectivity index (χ2n) is 6.65. The first-order valence-corrected chi connectivity index (χ1v) is 9.19. The highest BCUT2D eigenvalue weighted by atomic mass is 16.6. The number of non-ortho nitro benzene ring substituents is 2. The Balaban J connectivity index is 1.77. The molecule has 3 N–H and O–H groups in total. The monoisotopic (exact) mass is 467 g/mol. The molecule has 0 aliphatic rings. The van der Waals surface area contributed by atoms with E-state index < -0.39 is 50.2 Å². The number of anilines is 1. The molecular weight excluding hydrogens is 454 g/mol. The Hall–Kier alpha value is -5.33. The Labute approximate surface area is 189 Å². The summed E-state index contributed by atoms with van der Waals surface area (Å²) in [6.07, 6.45) is 0. The molecule has 13 heteroatoms. The molecule has 0 spiro atoms. The molecular formula is C21H13N3O10. The van der Waals surface area contributed by atoms with E-state index in [0.717, 1.165) is 30.3 Å². The number of rotatable bonds is 8. The van der Waals surface area contributed by atoms with Crippen LogP contribution in [0.3, 0.4) is 0 Å². The standard InChI is InChI=1S/C21H13N3O10/c25-19(11-7-13(23(30)31)9-14(8-11)24(32)33)22-12-1-3-15(4-2-12)34-16-5-6-17(20(26)27)18(10-16)21(28)29/h1-10H,(H,22,25)(H,26,27)(H,28,29). The van der Waals surface area contributed by atoms with Crippen LogP contribution in [0.5, 0.6) is 11.5 Å². The molecule has 0 saturated heterocycles. The number of carbonyl (C=O) groups excluding carboxylic acids is 1. The maximum absolute atomic E-state index is 12.4. The molecule has 0 aromatic heterocycles. The Morgan fingerprint density at radius 3 is 1.76 bits per heavy atom. The number of aromatic carboxylic acids is 2. The summed E-state index contributed by atoms with van der Waals surface area (Å²) in [7, 11) is 0. The molecule has 3 rings (SSSR count). The minimum absolute atomic E-state index is 0.0584. The number of amides is 1. The van der Waals surface area contributed by atoms with Crippen molar-refractivity contribution in [3.8, 4) is 11.5 Å². The summed E-state index contributed by atoms with van der Waals surface area (Å²) >= 11 is 0. The Morgan fingerprint density at radius 1 is 0.735 bits per heavy atom. The maximum Gasteiger partial charge on any atom is 0.336 e. The van der Waals surface area contributed by atoms with Gasteiger partial charge in [0.15, 0.2) is 0 Å². The van der Waals surface area contributed by atoms with E-state index in [1.807, 2.05) is 0 Å². The lowest BCUT2D eigenvalue weighted by Gasteiger charge is -2.10. The van der Waals surface area contributed by atoms with Crippen LogP contribution < -0.4 is 10.1 Å². The van der Waals surface area contributed by atoms with Crippen molar-refractivity contribution in [3.63, 3.8) is 0 Å². The van der Waals surface area contributed by atoms with Crippen LogP contribution in [0.2, 0.25) is 0 Å². The van der Waals surface area contributed by atoms with Crippen LogP contribution >= 0.6 is 0 Å². The topological polar surface area (TPSA) is 199 Å². The van der Waals surface area contributed by atoms with Gasteiger partial charge in [0.1, 0.15) is 11.5 Å². The molecule has 0 saturated carbocycles. The summed E-state index contributed by atoms with van der Waals surface area (Å²) in [6.45, 7) is 0. The number of ether oxygens (including phenoxy) is 1. The molecule has 3 aromatic rings. The molecule has 3 aromatic carbocycles. The highest BCUT2D eigenvalue weighted by Gasteiger charge is 2.20. The zero-order valence-corrected chi connectivity index (χ0v) is 16.8. The third-order valence-corrected chi connectivity index (χ3v) is 4.39. The SMILES string of the molecule is O=C(Nc1ccc(Oc2ccc(C(=O)O)c(C(=O)O)c2)cc1)c1cc([N+](=O)[O-])cc([N+](=O)[O-])c1. The smallest absolute Gasteiger partial charge is 0.336 e. The van der Waals surface area contributed by atoms with Crippen molar-refractivity contribution in [2.45, 2.75) is 0 Å². The lowest BCUT2D eigenvalue weighted by atomic mass is 10.1. The van der Waals surface area contributed by atoms with Gasteiger partial charge in [-0.3, -0.25) is 25.0 Å². The van der Waals surface area contributed by atoms with Gasteiger partial charge < -0.3 is 20.3 Å². The molecule has 1 amide bonds. The Kier molecular flexibility index (Phi) is 6.48. The number of hydrogen-bond acceptors (Lipinski definition) is 8. The van der Waals surface area contributed by atoms with E-state index in [2.05, 4.69) is 5.32 Å². The van der Waals surface area contributed by atoms with Gasteiger partial charge in [-0.25, -0.2) is 9.59 Å². The van der Waals surface area contributed by atoms with Crippen molar-refractivity contribution in [3.05, 3.63) is 97.6 Å². The lowest BCUT2D eigenvalue weighted by molar-refractivity contribution is -0.394. The van der Waals surface area contributed by atoms with Crippen LogP contribution in [0.15, 0.2) is 60.7 Å². The van der Waals surface area contributed by atoms with E-state index in [4.69, 9.17) is 9.84 Å². The van der Waals surface area contributed by atoms with Crippen molar-refractivity contribution >= 4 is 34.9 Å². The number of nitro benzene ring substituents is 2. The molecule has 0 aliphatic heterocycles. The number of nitrogens with zero attached hydrogens (tertiary/aromatic N) is 2. The summed E-state index contributed by atoms with van der Waals surface area (Å²) in [4.78, 5) is 55.1. The van der Waals surface area contributed by atoms with Crippen molar-refractivity contribution in [1.29, 1.82) is 0 Å². The number of carboxylic acid groups (broad SMARTS) is 2. The average molecular weight is 467 g/mol. The van der Waals surface area contributed by atoms with Gasteiger partial charge in [0.2, 0.25) is 0 Å². The molecule has 172 valence electrons. The van der Waals surface area contributed by atoms with Crippen LogP contribution in [-0.2, 0) is 0 Å². The van der Waals surface area contributed by atoms with Gasteiger partial charge in [0.25, 0.3) is 17.3 Å². The third kappa shape index (κ3) is 5.28. The minimum Gasteiger partial charge on any atom is -0.478 e. The number of nitro groups is 2. The second-order valence-corrected chi connectivity index (χ2v) is 6.65. The van der Waals surface area contributed by atoms with Crippen molar-refractivity contribution < 1.29 is 39.2 Å². The van der Waals surface area contributed by atoms with Crippen molar-refractivity contribution in [2.75, 3.05) is 5.32 Å². The fourth-order valence-electron chi connectivity index (χ4n) is 2.83. The number of carbonyl (C=O) groups is 3. The minimum atomic E-state index is -1.44. The van der Waals surface area contributed by atoms with Gasteiger partial charge in [-0.1, -0.05) is 0 Å². The van der Waals surface area contributed by atoms with Crippen LogP contribution in [-0.4, -0.2) is 37.9 Å². The maximum atomic E-state index is 12.4. The zero-order chi connectivity index (χ0) is 25.0. The van der Waals surface area contributed by atoms with Gasteiger partial charge >= 0.3 is 11.9 Å². The van der Waals surface area contributed by atoms with E-state index in [1.165, 1.54) is 30.3 Å². The molecule has 0 radical (unpaired) electrons. The molecule has 0 fully saturated rings. The first-order chi connectivity index (χ1) is 16.0. The normalized spacial score (nSPS) is 10.2. The van der Waals surface area contributed by atoms with Crippen LogP contribution in [0.25, 0.3) is 0 Å². The third-order valence-electron chi connectivity index (χ3n) is 4.39. The van der Waals surface area contributed by atoms with E-state index in [1.54, 1.807) is 0 Å². The second kappa shape index (κ2) is 9.44. The summed E-state index contributed by atoms with van der Waals surface area (Å²) in [6, 6.07) is 11.6. The van der Waals surface area contributed by atoms with Crippen LogP contribution in [0.4, 0.5) is 17.1 Å². The number of hydrogen-bond donors (Lipinski definition) is 3. The van der Waals surface area contributed by atoms with Gasteiger partial charge in [-0.15, -0.1) is 0 Å². The number of carboxylic acids is 2. The summed E-state index contributed by atoms with van der Waals surface area (Å²) in [5.74, 6) is -3.39. The molecule has 13 nitrogen and oxygen atoms in total. The van der Waals surface area contributed by atoms with Crippen molar-refractivity contribution in [1.82, 2.24) is 0 Å². The van der Waals surface area contributed by atoms with Gasteiger partial charge in [0.05, 0.1) is 32.6 Å². The fraction of sp³-hybridized carbons (Fsp3) is 0. The number of benzene rings is 3. The van der Waals surface area contributed by atoms with E-state index in [9.17, 15) is 39.7 Å². The zero-order valence-electron chi connectivity index (χ0n) is 16.8. The van der Waals surface area contributed by atoms with Crippen LogP contribution in [0, 0.1) is 20.2 Å². The Morgan fingerprint density at radius 2 is 1.26 bits per heavy atom. The van der Waals surface area contributed by atoms with Crippen LogP contribution in [0.1, 0.15) is 31.1 Å². The predicted octanol–water partition coefficient (Wildman–Crippen LogP) is 3.94. The average Bonchev–Trinajstić information content (AvgIpc) is 2.79. The fourth-order valence-corrected chi connectivity index (χ4v) is 2.83. The lowest BCUT2D eigenvalue weighted by Crippen LogP contribution is -2.12. The first kappa shape index (κ1) is 23.3. The summed E-state index contributed by atoms with van der Waals surface area (Å²) in [5.41, 5.74) is -2.14. The van der Waals surface area contributed by atoms with Crippen molar-refractivity contribution in [2.24, 2.45) is 0 Å². The highest BCUT2D eigenvalue weighted by Crippen LogP contribution is 2.27. The summed E-state index contributed by atoms with van der Waals surface area (Å²) in [5, 5.41) is 42.6. The van der Waals surface area contributed by atoms with Gasteiger partial charge in [0, 0.05) is 17.8 Å². The quantitative estimate of drug-likeness (QED) is 0.322. The highest BCUT2D eigenvalue weighted by molar-refractivity contribution is 6.05. The van der Waals surface area contributed by atoms with E-state index in [-0.39, 0.29) is 22.7 Å². The molecule has 0 unspecified atom stereocenters. The first-order valence-electron chi connectivity index (χ1n) is 9.19. The summed E-state index contributed by atoms with van der Waals surface area (Å²) < 4.78 is 5.51.